The highest BCUT2D eigenvalue weighted by atomic mass is 32.1. The quantitative estimate of drug-likeness (QED) is 0.746. The summed E-state index contributed by atoms with van der Waals surface area (Å²) in [5.41, 5.74) is 7.30. The van der Waals surface area contributed by atoms with Crippen LogP contribution in [0.15, 0.2) is 53.9 Å². The molecule has 0 aliphatic rings. The van der Waals surface area contributed by atoms with Gasteiger partial charge in [-0.1, -0.05) is 36.4 Å². The van der Waals surface area contributed by atoms with Gasteiger partial charge in [0.05, 0.1) is 0 Å². The molecule has 21 heavy (non-hydrogen) atoms. The maximum absolute atomic E-state index is 10.1. The van der Waals surface area contributed by atoms with E-state index in [1.54, 1.807) is 17.4 Å². The van der Waals surface area contributed by atoms with Crippen LogP contribution >= 0.6 is 11.3 Å². The summed E-state index contributed by atoms with van der Waals surface area (Å²) in [6, 6.07) is 16.2. The molecule has 3 N–H and O–H groups in total. The number of thiophene rings is 1. The Balaban J connectivity index is 2.18. The van der Waals surface area contributed by atoms with E-state index in [0.717, 1.165) is 17.2 Å². The number of phenols is 1. The van der Waals surface area contributed by atoms with Crippen LogP contribution in [0.3, 0.4) is 0 Å². The number of hydrogen-bond acceptors (Lipinski definition) is 3. The predicted octanol–water partition coefficient (Wildman–Crippen LogP) is 4.48. The molecular formula is C18H19NOS. The Morgan fingerprint density at radius 1 is 1.05 bits per heavy atom. The van der Waals surface area contributed by atoms with Gasteiger partial charge < -0.3 is 10.8 Å². The van der Waals surface area contributed by atoms with E-state index < -0.39 is 0 Å². The molecular weight excluding hydrogens is 278 g/mol. The first-order chi connectivity index (χ1) is 10.2. The fourth-order valence-electron chi connectivity index (χ4n) is 2.87. The predicted molar refractivity (Wildman–Crippen MR) is 90.0 cm³/mol. The van der Waals surface area contributed by atoms with Crippen molar-refractivity contribution in [2.75, 3.05) is 0 Å². The first-order valence-electron chi connectivity index (χ1n) is 7.16. The number of hydrogen-bond donors (Lipinski definition) is 2. The molecule has 1 aromatic heterocycles. The summed E-state index contributed by atoms with van der Waals surface area (Å²) in [7, 11) is 0. The lowest BCUT2D eigenvalue weighted by Crippen LogP contribution is -2.19. The Morgan fingerprint density at radius 2 is 1.81 bits per heavy atom. The Morgan fingerprint density at radius 3 is 2.48 bits per heavy atom. The molecule has 3 aromatic rings. The third kappa shape index (κ3) is 2.80. The lowest BCUT2D eigenvalue weighted by atomic mass is 9.87. The number of phenolic OH excluding ortho intramolecular Hbond substituents is 1. The summed E-state index contributed by atoms with van der Waals surface area (Å²) < 4.78 is 0. The molecule has 2 aromatic carbocycles. The molecule has 0 fully saturated rings. The molecule has 0 saturated heterocycles. The normalized spacial score (nSPS) is 14.2. The minimum absolute atomic E-state index is 0.129. The zero-order chi connectivity index (χ0) is 14.8. The van der Waals surface area contributed by atoms with Crippen molar-refractivity contribution in [1.29, 1.82) is 0 Å². The second-order valence-electron chi connectivity index (χ2n) is 5.50. The zero-order valence-corrected chi connectivity index (χ0v) is 12.8. The van der Waals surface area contributed by atoms with Crippen molar-refractivity contribution >= 4 is 22.1 Å². The summed E-state index contributed by atoms with van der Waals surface area (Å²) >= 11 is 1.76. The topological polar surface area (TPSA) is 46.2 Å². The van der Waals surface area contributed by atoms with Crippen molar-refractivity contribution in [3.8, 4) is 5.75 Å². The third-order valence-corrected chi connectivity index (χ3v) is 4.79. The van der Waals surface area contributed by atoms with Crippen LogP contribution in [0.4, 0.5) is 0 Å². The lowest BCUT2D eigenvalue weighted by Gasteiger charge is -2.20. The molecule has 3 rings (SSSR count). The summed E-state index contributed by atoms with van der Waals surface area (Å²) in [4.78, 5) is 1.32. The molecule has 0 saturated carbocycles. The molecule has 3 heteroatoms. The highest BCUT2D eigenvalue weighted by Crippen LogP contribution is 2.38. The monoisotopic (exact) mass is 297 g/mol. The molecule has 0 amide bonds. The van der Waals surface area contributed by atoms with Crippen LogP contribution in [0.2, 0.25) is 0 Å². The van der Waals surface area contributed by atoms with Crippen LogP contribution in [0.5, 0.6) is 5.75 Å². The van der Waals surface area contributed by atoms with Crippen molar-refractivity contribution < 1.29 is 5.11 Å². The summed E-state index contributed by atoms with van der Waals surface area (Å²) in [6.07, 6.45) is 0.898. The highest BCUT2D eigenvalue weighted by Gasteiger charge is 2.20. The fourth-order valence-corrected chi connectivity index (χ4v) is 3.73. The van der Waals surface area contributed by atoms with Crippen LogP contribution < -0.4 is 5.73 Å². The Bertz CT molecular complexity index is 734. The van der Waals surface area contributed by atoms with Crippen molar-refractivity contribution in [3.63, 3.8) is 0 Å². The van der Waals surface area contributed by atoms with Gasteiger partial charge in [-0.25, -0.2) is 0 Å². The minimum Gasteiger partial charge on any atom is -0.507 e. The fraction of sp³-hybridized carbons (Fsp3) is 0.222. The molecule has 0 spiro atoms. The second kappa shape index (κ2) is 5.88. The maximum atomic E-state index is 10.1. The van der Waals surface area contributed by atoms with Crippen LogP contribution in [-0.4, -0.2) is 11.1 Å². The maximum Gasteiger partial charge on any atom is 0.123 e. The van der Waals surface area contributed by atoms with Gasteiger partial charge in [-0.05, 0) is 41.8 Å². The van der Waals surface area contributed by atoms with Gasteiger partial charge in [0.25, 0.3) is 0 Å². The molecule has 0 aliphatic heterocycles. The number of nitrogens with two attached hydrogens (primary N) is 1. The van der Waals surface area contributed by atoms with Crippen LogP contribution in [0, 0.1) is 0 Å². The number of rotatable bonds is 4. The Labute approximate surface area is 128 Å². The van der Waals surface area contributed by atoms with Gasteiger partial charge in [0.1, 0.15) is 5.75 Å². The van der Waals surface area contributed by atoms with E-state index in [-0.39, 0.29) is 12.0 Å². The van der Waals surface area contributed by atoms with Gasteiger partial charge in [-0.2, -0.15) is 0 Å². The summed E-state index contributed by atoms with van der Waals surface area (Å²) in [5, 5.41) is 14.2. The number of benzene rings is 2. The SMILES string of the molecule is CC(N)CC(c1cccs1)c1ccc(O)c2ccccc12. The first kappa shape index (κ1) is 14.1. The lowest BCUT2D eigenvalue weighted by molar-refractivity contribution is 0.481. The molecule has 2 unspecified atom stereocenters. The molecule has 0 radical (unpaired) electrons. The van der Waals surface area contributed by atoms with Crippen molar-refractivity contribution in [2.45, 2.75) is 25.3 Å². The van der Waals surface area contributed by atoms with E-state index in [9.17, 15) is 5.11 Å². The van der Waals surface area contributed by atoms with Crippen molar-refractivity contribution in [3.05, 3.63) is 64.4 Å². The summed E-state index contributed by atoms with van der Waals surface area (Å²) in [6.45, 7) is 2.04. The third-order valence-electron chi connectivity index (χ3n) is 3.80. The highest BCUT2D eigenvalue weighted by molar-refractivity contribution is 7.10. The largest absolute Gasteiger partial charge is 0.507 e. The average molecular weight is 297 g/mol. The smallest absolute Gasteiger partial charge is 0.123 e. The van der Waals surface area contributed by atoms with Crippen molar-refractivity contribution in [2.24, 2.45) is 5.73 Å². The van der Waals surface area contributed by atoms with E-state index >= 15 is 0 Å². The zero-order valence-electron chi connectivity index (χ0n) is 12.0. The van der Waals surface area contributed by atoms with E-state index in [1.807, 2.05) is 31.2 Å². The molecule has 2 atom stereocenters. The van der Waals surface area contributed by atoms with Crippen molar-refractivity contribution in [1.82, 2.24) is 0 Å². The van der Waals surface area contributed by atoms with Gasteiger partial charge in [0, 0.05) is 22.2 Å². The van der Waals surface area contributed by atoms with Crippen LogP contribution in [-0.2, 0) is 0 Å². The molecule has 0 aliphatic carbocycles. The van der Waals surface area contributed by atoms with E-state index in [4.69, 9.17) is 5.73 Å². The minimum atomic E-state index is 0.129. The van der Waals surface area contributed by atoms with Gasteiger partial charge in [0.15, 0.2) is 0 Å². The Hall–Kier alpha value is -1.84. The number of fused-ring (bicyclic) bond motifs is 1. The van der Waals surface area contributed by atoms with Gasteiger partial charge in [-0.3, -0.25) is 0 Å². The molecule has 1 heterocycles. The molecule has 2 nitrogen and oxygen atoms in total. The first-order valence-corrected chi connectivity index (χ1v) is 8.04. The standard InChI is InChI=1S/C18H19NOS/c1-12(19)11-16(18-7-4-10-21-18)14-8-9-17(20)15-6-3-2-5-13(14)15/h2-10,12,16,20H,11,19H2,1H3. The van der Waals surface area contributed by atoms with E-state index in [2.05, 4.69) is 23.6 Å². The second-order valence-corrected chi connectivity index (χ2v) is 6.48. The average Bonchev–Trinajstić information content (AvgIpc) is 3.00. The van der Waals surface area contributed by atoms with Crippen LogP contribution in [0.1, 0.15) is 29.7 Å². The van der Waals surface area contributed by atoms with Crippen LogP contribution in [0.25, 0.3) is 10.8 Å². The van der Waals surface area contributed by atoms with Gasteiger partial charge >= 0.3 is 0 Å². The Kier molecular flexibility index (Phi) is 3.95. The van der Waals surface area contributed by atoms with Gasteiger partial charge in [-0.15, -0.1) is 11.3 Å². The van der Waals surface area contributed by atoms with E-state index in [1.165, 1.54) is 10.4 Å². The molecule has 0 bridgehead atoms. The van der Waals surface area contributed by atoms with E-state index in [0.29, 0.717) is 5.75 Å². The summed E-state index contributed by atoms with van der Waals surface area (Å²) in [5.74, 6) is 0.607. The van der Waals surface area contributed by atoms with Gasteiger partial charge in [0.2, 0.25) is 0 Å². The molecule has 108 valence electrons. The number of aromatic hydroxyl groups is 1.